The first kappa shape index (κ1) is 16.9. The smallest absolute Gasteiger partial charge is 0.0911 e. The molecule has 0 bridgehead atoms. The highest BCUT2D eigenvalue weighted by Crippen LogP contribution is 2.31. The summed E-state index contributed by atoms with van der Waals surface area (Å²) < 4.78 is 0. The molecule has 2 aromatic rings. The van der Waals surface area contributed by atoms with Crippen molar-refractivity contribution in [2.75, 3.05) is 13.1 Å². The Kier molecular flexibility index (Phi) is 5.79. The van der Waals surface area contributed by atoms with E-state index in [-0.39, 0.29) is 0 Å². The maximum Gasteiger partial charge on any atom is 0.0911 e. The molecule has 0 N–H and O–H groups in total. The lowest BCUT2D eigenvalue weighted by atomic mass is 10.1. The molecule has 0 saturated carbocycles. The molecule has 0 fully saturated rings. The van der Waals surface area contributed by atoms with Gasteiger partial charge in [0.1, 0.15) is 0 Å². The predicted octanol–water partition coefficient (Wildman–Crippen LogP) is 5.81. The maximum atomic E-state index is 4.97. The summed E-state index contributed by atoms with van der Waals surface area (Å²) >= 11 is 0. The molecule has 2 heteroatoms. The predicted molar refractivity (Wildman–Crippen MR) is 106 cm³/mol. The summed E-state index contributed by atoms with van der Waals surface area (Å²) in [6.07, 6.45) is 7.29. The van der Waals surface area contributed by atoms with E-state index in [2.05, 4.69) is 50.2 Å². The highest BCUT2D eigenvalue weighted by Gasteiger charge is 2.26. The van der Waals surface area contributed by atoms with E-state index in [1.165, 1.54) is 47.6 Å². The third-order valence-corrected chi connectivity index (χ3v) is 4.70. The third-order valence-electron chi connectivity index (χ3n) is 4.70. The standard InChI is InChI=1S/C22H28N2/c1-3-5-7-15-23-21-18-13-9-11-17-12-10-14-19(20(17)18)22(21)24-16-8-6-4-2/h9-14H,3-8,15-16H2,1-2H3/b23-21-,24-22+. The van der Waals surface area contributed by atoms with Crippen LogP contribution in [0, 0.1) is 0 Å². The number of nitrogens with zero attached hydrogens (tertiary/aromatic N) is 2. The number of aliphatic imine (C=N–C) groups is 2. The zero-order chi connectivity index (χ0) is 16.8. The van der Waals surface area contributed by atoms with E-state index in [0.717, 1.165) is 37.4 Å². The second-order valence-electron chi connectivity index (χ2n) is 6.58. The summed E-state index contributed by atoms with van der Waals surface area (Å²) in [5.41, 5.74) is 4.78. The van der Waals surface area contributed by atoms with Crippen LogP contribution in [0.25, 0.3) is 10.8 Å². The van der Waals surface area contributed by atoms with E-state index >= 15 is 0 Å². The van der Waals surface area contributed by atoms with Gasteiger partial charge in [0, 0.05) is 29.6 Å². The van der Waals surface area contributed by atoms with Crippen LogP contribution in [0.1, 0.15) is 63.5 Å². The summed E-state index contributed by atoms with van der Waals surface area (Å²) in [6.45, 7) is 6.28. The van der Waals surface area contributed by atoms with Gasteiger partial charge in [-0.2, -0.15) is 0 Å². The van der Waals surface area contributed by atoms with Gasteiger partial charge in [-0.3, -0.25) is 9.98 Å². The Morgan fingerprint density at radius 1 is 0.667 bits per heavy atom. The molecule has 0 unspecified atom stereocenters. The lowest BCUT2D eigenvalue weighted by Gasteiger charge is -2.04. The zero-order valence-corrected chi connectivity index (χ0v) is 15.0. The van der Waals surface area contributed by atoms with Gasteiger partial charge >= 0.3 is 0 Å². The van der Waals surface area contributed by atoms with Crippen molar-refractivity contribution < 1.29 is 0 Å². The summed E-state index contributed by atoms with van der Waals surface area (Å²) in [4.78, 5) is 9.93. The van der Waals surface area contributed by atoms with Gasteiger partial charge < -0.3 is 0 Å². The zero-order valence-electron chi connectivity index (χ0n) is 15.0. The van der Waals surface area contributed by atoms with Crippen LogP contribution in [-0.4, -0.2) is 24.5 Å². The lowest BCUT2D eigenvalue weighted by molar-refractivity contribution is 0.727. The van der Waals surface area contributed by atoms with Crippen molar-refractivity contribution in [3.8, 4) is 0 Å². The summed E-state index contributed by atoms with van der Waals surface area (Å²) in [5.74, 6) is 0. The van der Waals surface area contributed by atoms with Gasteiger partial charge in [-0.15, -0.1) is 0 Å². The molecule has 0 atom stereocenters. The third kappa shape index (κ3) is 3.43. The van der Waals surface area contributed by atoms with Crippen molar-refractivity contribution in [1.82, 2.24) is 0 Å². The molecule has 0 aliphatic heterocycles. The molecule has 3 rings (SSSR count). The van der Waals surface area contributed by atoms with Crippen molar-refractivity contribution in [2.45, 2.75) is 52.4 Å². The summed E-state index contributed by atoms with van der Waals surface area (Å²) in [6, 6.07) is 13.1. The fourth-order valence-electron chi connectivity index (χ4n) is 3.42. The molecule has 1 aliphatic rings. The summed E-state index contributed by atoms with van der Waals surface area (Å²) in [5, 5.41) is 2.63. The molecule has 0 heterocycles. The van der Waals surface area contributed by atoms with E-state index in [1.54, 1.807) is 0 Å². The molecule has 0 saturated heterocycles. The average Bonchev–Trinajstić information content (AvgIpc) is 2.91. The largest absolute Gasteiger partial charge is 0.282 e. The quantitative estimate of drug-likeness (QED) is 0.548. The molecule has 2 aromatic carbocycles. The molecule has 1 aliphatic carbocycles. The number of benzene rings is 2. The van der Waals surface area contributed by atoms with Crippen LogP contribution in [0.3, 0.4) is 0 Å². The van der Waals surface area contributed by atoms with Gasteiger partial charge in [0.15, 0.2) is 0 Å². The minimum atomic E-state index is 0.904. The minimum Gasteiger partial charge on any atom is -0.282 e. The Bertz CT molecular complexity index is 695. The highest BCUT2D eigenvalue weighted by atomic mass is 14.8. The lowest BCUT2D eigenvalue weighted by Crippen LogP contribution is -2.12. The van der Waals surface area contributed by atoms with Gasteiger partial charge in [0.05, 0.1) is 11.4 Å². The SMILES string of the molecule is CCCCC/N=C1\C(=N\CCCCC)c2cccc3cccc1c23. The van der Waals surface area contributed by atoms with Gasteiger partial charge in [0.25, 0.3) is 0 Å². The van der Waals surface area contributed by atoms with Crippen molar-refractivity contribution in [2.24, 2.45) is 9.98 Å². The molecular formula is C22H28N2. The van der Waals surface area contributed by atoms with Crippen LogP contribution in [0.15, 0.2) is 46.4 Å². The van der Waals surface area contributed by atoms with Crippen LogP contribution < -0.4 is 0 Å². The van der Waals surface area contributed by atoms with Crippen molar-refractivity contribution in [1.29, 1.82) is 0 Å². The van der Waals surface area contributed by atoms with E-state index < -0.39 is 0 Å². The molecule has 126 valence electrons. The molecule has 0 spiro atoms. The number of hydrogen-bond acceptors (Lipinski definition) is 2. The number of unbranched alkanes of at least 4 members (excludes halogenated alkanes) is 4. The van der Waals surface area contributed by atoms with E-state index in [0.29, 0.717) is 0 Å². The Morgan fingerprint density at radius 2 is 1.17 bits per heavy atom. The Balaban J connectivity index is 1.97. The highest BCUT2D eigenvalue weighted by molar-refractivity contribution is 6.60. The fraction of sp³-hybridized carbons (Fsp3) is 0.455. The van der Waals surface area contributed by atoms with E-state index in [9.17, 15) is 0 Å². The monoisotopic (exact) mass is 320 g/mol. The average molecular weight is 320 g/mol. The van der Waals surface area contributed by atoms with Crippen molar-refractivity contribution in [3.63, 3.8) is 0 Å². The molecule has 24 heavy (non-hydrogen) atoms. The van der Waals surface area contributed by atoms with Crippen LogP contribution in [0.5, 0.6) is 0 Å². The number of hydrogen-bond donors (Lipinski definition) is 0. The Labute approximate surface area is 145 Å². The first-order valence-corrected chi connectivity index (χ1v) is 9.48. The van der Waals surface area contributed by atoms with Gasteiger partial charge in [-0.1, -0.05) is 75.9 Å². The van der Waals surface area contributed by atoms with Gasteiger partial charge in [-0.25, -0.2) is 0 Å². The Morgan fingerprint density at radius 3 is 1.62 bits per heavy atom. The number of rotatable bonds is 8. The normalized spacial score (nSPS) is 16.6. The van der Waals surface area contributed by atoms with Crippen LogP contribution in [0.4, 0.5) is 0 Å². The van der Waals surface area contributed by atoms with E-state index in [1.807, 2.05) is 0 Å². The molecule has 2 nitrogen and oxygen atoms in total. The fourth-order valence-corrected chi connectivity index (χ4v) is 3.42. The maximum absolute atomic E-state index is 4.97. The van der Waals surface area contributed by atoms with Crippen molar-refractivity contribution >= 4 is 22.2 Å². The molecule has 0 aromatic heterocycles. The van der Waals surface area contributed by atoms with Gasteiger partial charge in [-0.05, 0) is 18.2 Å². The summed E-state index contributed by atoms with van der Waals surface area (Å²) in [7, 11) is 0. The topological polar surface area (TPSA) is 24.7 Å². The first-order chi connectivity index (χ1) is 11.9. The minimum absolute atomic E-state index is 0.904. The molecule has 0 radical (unpaired) electrons. The molecule has 0 amide bonds. The van der Waals surface area contributed by atoms with Crippen LogP contribution in [-0.2, 0) is 0 Å². The Hall–Kier alpha value is -1.96. The van der Waals surface area contributed by atoms with Crippen LogP contribution in [0.2, 0.25) is 0 Å². The second kappa shape index (κ2) is 8.23. The molecular weight excluding hydrogens is 292 g/mol. The van der Waals surface area contributed by atoms with Gasteiger partial charge in [0.2, 0.25) is 0 Å². The van der Waals surface area contributed by atoms with Crippen LogP contribution >= 0.6 is 0 Å². The second-order valence-corrected chi connectivity index (χ2v) is 6.58. The van der Waals surface area contributed by atoms with Crippen molar-refractivity contribution in [3.05, 3.63) is 47.5 Å². The first-order valence-electron chi connectivity index (χ1n) is 9.48. The van der Waals surface area contributed by atoms with E-state index in [4.69, 9.17) is 9.98 Å².